The minimum Gasteiger partial charge on any atom is -0.394 e. The number of benzene rings is 1. The molecule has 3 amide bonds. The van der Waals surface area contributed by atoms with Crippen molar-refractivity contribution in [3.8, 4) is 0 Å². The number of nitrogens with one attached hydrogen (secondary N) is 2. The highest BCUT2D eigenvalue weighted by atomic mass is 16.5. The largest absolute Gasteiger partial charge is 0.394 e. The highest BCUT2D eigenvalue weighted by molar-refractivity contribution is 6.02. The SMILES string of the molecule is CC[C@H](C)[C@H](CO)N1C(=O)[C@@H]2[C@H](C(=O)Nc3ccccc3)[C@]3(C)CCC2(O3)C1C(=O)NC(C)(C)CC(C)(C)C. The van der Waals surface area contributed by atoms with E-state index >= 15 is 0 Å². The summed E-state index contributed by atoms with van der Waals surface area (Å²) in [6.45, 7) is 16.0. The lowest BCUT2D eigenvalue weighted by molar-refractivity contribution is -0.151. The van der Waals surface area contributed by atoms with Gasteiger partial charge < -0.3 is 25.4 Å². The number of fused-ring (bicyclic) bond motifs is 1. The summed E-state index contributed by atoms with van der Waals surface area (Å²) in [7, 11) is 0. The number of nitrogens with zero attached hydrogens (tertiary/aromatic N) is 1. The number of anilines is 1. The standard InChI is InChI=1S/C31H47N3O5/c1-9-19(2)21(17-35)34-24(26(37)33-29(6,7)18-28(3,4)5)31-16-15-30(8,39-31)22(23(31)27(34)38)25(36)32-20-13-11-10-12-14-20/h10-14,19,21-24,35H,9,15-18H2,1-8H3,(H,32,36)(H,33,37)/t19-,21-,22+,23-,24?,30-,31?/m0/s1. The second-order valence-electron chi connectivity index (χ2n) is 14.1. The molecule has 216 valence electrons. The van der Waals surface area contributed by atoms with Crippen LogP contribution in [0.15, 0.2) is 30.3 Å². The fourth-order valence-corrected chi connectivity index (χ4v) is 7.75. The van der Waals surface area contributed by atoms with Gasteiger partial charge >= 0.3 is 0 Å². The number of carbonyl (C=O) groups excluding carboxylic acids is 3. The Morgan fingerprint density at radius 2 is 1.77 bits per heavy atom. The van der Waals surface area contributed by atoms with Gasteiger partial charge in [-0.2, -0.15) is 0 Å². The van der Waals surface area contributed by atoms with Crippen LogP contribution in [-0.2, 0) is 19.1 Å². The van der Waals surface area contributed by atoms with Crippen LogP contribution < -0.4 is 10.6 Å². The summed E-state index contributed by atoms with van der Waals surface area (Å²) in [6, 6.07) is 7.69. The van der Waals surface area contributed by atoms with Crippen LogP contribution in [0.5, 0.6) is 0 Å². The Labute approximate surface area is 233 Å². The molecule has 3 saturated heterocycles. The quantitative estimate of drug-likeness (QED) is 0.436. The van der Waals surface area contributed by atoms with E-state index in [0.717, 1.165) is 12.8 Å². The van der Waals surface area contributed by atoms with Crippen molar-refractivity contribution in [3.05, 3.63) is 30.3 Å². The number of aliphatic hydroxyl groups excluding tert-OH is 1. The van der Waals surface area contributed by atoms with Crippen LogP contribution in [0.25, 0.3) is 0 Å². The highest BCUT2D eigenvalue weighted by Gasteiger charge is 2.78. The molecule has 0 saturated carbocycles. The van der Waals surface area contributed by atoms with E-state index in [1.165, 1.54) is 0 Å². The first kappa shape index (κ1) is 29.5. The van der Waals surface area contributed by atoms with E-state index in [2.05, 4.69) is 31.4 Å². The van der Waals surface area contributed by atoms with Crippen molar-refractivity contribution in [2.24, 2.45) is 23.2 Å². The molecule has 1 spiro atoms. The predicted molar refractivity (Wildman–Crippen MR) is 151 cm³/mol. The third kappa shape index (κ3) is 5.22. The number of likely N-dealkylation sites (tertiary alicyclic amines) is 1. The first-order chi connectivity index (χ1) is 18.1. The van der Waals surface area contributed by atoms with Crippen LogP contribution in [0.3, 0.4) is 0 Å². The molecule has 3 aliphatic heterocycles. The van der Waals surface area contributed by atoms with Gasteiger partial charge in [0.25, 0.3) is 0 Å². The van der Waals surface area contributed by atoms with Crippen molar-refractivity contribution in [3.63, 3.8) is 0 Å². The van der Waals surface area contributed by atoms with Crippen molar-refractivity contribution in [1.82, 2.24) is 10.2 Å². The smallest absolute Gasteiger partial charge is 0.246 e. The third-order valence-electron chi connectivity index (χ3n) is 9.07. The molecule has 4 rings (SSSR count). The Hall–Kier alpha value is -2.45. The van der Waals surface area contributed by atoms with E-state index in [9.17, 15) is 19.5 Å². The van der Waals surface area contributed by atoms with Crippen LogP contribution in [-0.4, -0.2) is 63.2 Å². The van der Waals surface area contributed by atoms with Crippen molar-refractivity contribution in [1.29, 1.82) is 0 Å². The van der Waals surface area contributed by atoms with Gasteiger partial charge in [-0.1, -0.05) is 59.2 Å². The number of ether oxygens (including phenoxy) is 1. The molecule has 0 aliphatic carbocycles. The van der Waals surface area contributed by atoms with E-state index in [4.69, 9.17) is 4.74 Å². The van der Waals surface area contributed by atoms with Gasteiger partial charge in [-0.3, -0.25) is 14.4 Å². The lowest BCUT2D eigenvalue weighted by atomic mass is 9.66. The Kier molecular flexibility index (Phi) is 7.71. The minimum atomic E-state index is -1.13. The first-order valence-corrected chi connectivity index (χ1v) is 14.4. The number of hydrogen-bond acceptors (Lipinski definition) is 5. The third-order valence-corrected chi connectivity index (χ3v) is 9.07. The predicted octanol–water partition coefficient (Wildman–Crippen LogP) is 4.13. The average molecular weight is 542 g/mol. The van der Waals surface area contributed by atoms with Gasteiger partial charge in [0.2, 0.25) is 17.7 Å². The van der Waals surface area contributed by atoms with Crippen molar-refractivity contribution >= 4 is 23.4 Å². The summed E-state index contributed by atoms with van der Waals surface area (Å²) in [6.07, 6.45) is 2.53. The summed E-state index contributed by atoms with van der Waals surface area (Å²) >= 11 is 0. The molecule has 39 heavy (non-hydrogen) atoms. The maximum absolute atomic E-state index is 14.4. The van der Waals surface area contributed by atoms with Gasteiger partial charge in [0, 0.05) is 11.2 Å². The number of hydrogen-bond donors (Lipinski definition) is 3. The lowest BCUT2D eigenvalue weighted by Gasteiger charge is -2.41. The second-order valence-corrected chi connectivity index (χ2v) is 14.1. The molecule has 0 radical (unpaired) electrons. The maximum atomic E-state index is 14.4. The number of aliphatic hydroxyl groups is 1. The normalized spacial score (nSPS) is 31.7. The van der Waals surface area contributed by atoms with Gasteiger partial charge in [-0.05, 0) is 63.5 Å². The molecule has 0 aromatic heterocycles. The van der Waals surface area contributed by atoms with E-state index in [-0.39, 0.29) is 35.7 Å². The van der Waals surface area contributed by atoms with Crippen LogP contribution in [0.2, 0.25) is 0 Å². The van der Waals surface area contributed by atoms with Crippen LogP contribution >= 0.6 is 0 Å². The zero-order valence-electron chi connectivity index (χ0n) is 24.8. The summed E-state index contributed by atoms with van der Waals surface area (Å²) in [5.74, 6) is -2.44. The molecule has 3 fully saturated rings. The fourth-order valence-electron chi connectivity index (χ4n) is 7.75. The summed E-state index contributed by atoms with van der Waals surface area (Å²) in [5.41, 5.74) is -1.91. The molecule has 3 aliphatic rings. The zero-order valence-corrected chi connectivity index (χ0v) is 24.8. The molecule has 1 aromatic carbocycles. The molecule has 2 bridgehead atoms. The second kappa shape index (κ2) is 10.2. The van der Waals surface area contributed by atoms with Crippen LogP contribution in [0.4, 0.5) is 5.69 Å². The average Bonchev–Trinajstić information content (AvgIpc) is 3.39. The van der Waals surface area contributed by atoms with Gasteiger partial charge in [0.15, 0.2) is 0 Å². The number of para-hydroxylation sites is 1. The van der Waals surface area contributed by atoms with E-state index < -0.39 is 40.7 Å². The summed E-state index contributed by atoms with van der Waals surface area (Å²) in [5, 5.41) is 16.7. The fraction of sp³-hybridized carbons (Fsp3) is 0.710. The minimum absolute atomic E-state index is 0.0243. The molecular weight excluding hydrogens is 494 g/mol. The summed E-state index contributed by atoms with van der Waals surface area (Å²) < 4.78 is 6.73. The van der Waals surface area contributed by atoms with Gasteiger partial charge in [-0.25, -0.2) is 0 Å². The monoisotopic (exact) mass is 541 g/mol. The van der Waals surface area contributed by atoms with Gasteiger partial charge in [-0.15, -0.1) is 0 Å². The molecule has 3 N–H and O–H groups in total. The zero-order chi connectivity index (χ0) is 29.0. The molecule has 1 aromatic rings. The Balaban J connectivity index is 1.76. The molecule has 8 heteroatoms. The highest BCUT2D eigenvalue weighted by Crippen LogP contribution is 2.63. The van der Waals surface area contributed by atoms with Crippen LogP contribution in [0.1, 0.15) is 81.1 Å². The molecule has 8 nitrogen and oxygen atoms in total. The van der Waals surface area contributed by atoms with Gasteiger partial charge in [0.1, 0.15) is 11.6 Å². The molecule has 7 atom stereocenters. The van der Waals surface area contributed by atoms with Gasteiger partial charge in [0.05, 0.1) is 30.1 Å². The maximum Gasteiger partial charge on any atom is 0.246 e. The number of rotatable bonds is 9. The molecular formula is C31H47N3O5. The molecule has 2 unspecified atom stereocenters. The molecule has 3 heterocycles. The van der Waals surface area contributed by atoms with Crippen molar-refractivity contribution in [2.45, 2.75) is 110 Å². The topological polar surface area (TPSA) is 108 Å². The summed E-state index contributed by atoms with van der Waals surface area (Å²) in [4.78, 5) is 44.0. The van der Waals surface area contributed by atoms with E-state index in [1.807, 2.05) is 65.0 Å². The van der Waals surface area contributed by atoms with E-state index in [0.29, 0.717) is 18.5 Å². The Morgan fingerprint density at radius 1 is 1.13 bits per heavy atom. The van der Waals surface area contributed by atoms with Crippen molar-refractivity contribution in [2.75, 3.05) is 11.9 Å². The lowest BCUT2D eigenvalue weighted by Crippen LogP contribution is -2.62. The Bertz CT molecular complexity index is 1100. The Morgan fingerprint density at radius 3 is 2.33 bits per heavy atom. The van der Waals surface area contributed by atoms with E-state index in [1.54, 1.807) is 4.90 Å². The first-order valence-electron chi connectivity index (χ1n) is 14.4. The number of amides is 3. The number of carbonyl (C=O) groups is 3. The van der Waals surface area contributed by atoms with Crippen molar-refractivity contribution < 1.29 is 24.2 Å². The van der Waals surface area contributed by atoms with Crippen LogP contribution in [0, 0.1) is 23.2 Å².